The number of carbonyl (C=O) groups excluding carboxylic acids is 2. The van der Waals surface area contributed by atoms with Crippen LogP contribution in [0.15, 0.2) is 78.9 Å². The van der Waals surface area contributed by atoms with Crippen LogP contribution in [0.25, 0.3) is 11.1 Å². The molecular formula is C28H22O5. The van der Waals surface area contributed by atoms with Gasteiger partial charge in [0, 0.05) is 12.8 Å². The molecule has 164 valence electrons. The maximum atomic E-state index is 11.2. The minimum atomic E-state index is -0.0880. The number of carbonyl (C=O) groups is 2. The quantitative estimate of drug-likeness (QED) is 0.341. The lowest BCUT2D eigenvalue weighted by Crippen LogP contribution is -1.98. The monoisotopic (exact) mass is 438 g/mol. The Morgan fingerprint density at radius 3 is 1.52 bits per heavy atom. The van der Waals surface area contributed by atoms with Gasteiger partial charge in [0.05, 0.1) is 11.1 Å². The molecule has 0 atom stereocenters. The molecule has 4 rings (SSSR count). The second kappa shape index (κ2) is 9.40. The molecule has 5 nitrogen and oxygen atoms in total. The Hall–Kier alpha value is -4.38. The third-order valence-corrected chi connectivity index (χ3v) is 5.60. The summed E-state index contributed by atoms with van der Waals surface area (Å²) in [7, 11) is 0. The van der Waals surface area contributed by atoms with Crippen molar-refractivity contribution in [3.05, 3.63) is 112 Å². The van der Waals surface area contributed by atoms with E-state index in [0.717, 1.165) is 22.3 Å². The van der Waals surface area contributed by atoms with E-state index >= 15 is 0 Å². The van der Waals surface area contributed by atoms with E-state index in [1.165, 1.54) is 12.1 Å². The topological polar surface area (TPSA) is 94.8 Å². The van der Waals surface area contributed by atoms with E-state index in [0.29, 0.717) is 36.5 Å². The number of benzene rings is 4. The Morgan fingerprint density at radius 2 is 1.06 bits per heavy atom. The summed E-state index contributed by atoms with van der Waals surface area (Å²) in [5.74, 6) is -0.0545. The van der Waals surface area contributed by atoms with E-state index in [-0.39, 0.29) is 28.4 Å². The Balaban J connectivity index is 1.79. The highest BCUT2D eigenvalue weighted by Gasteiger charge is 2.14. The smallest absolute Gasteiger partial charge is 0.153 e. The van der Waals surface area contributed by atoms with Gasteiger partial charge in [0.1, 0.15) is 17.2 Å². The maximum Gasteiger partial charge on any atom is 0.153 e. The zero-order valence-electron chi connectivity index (χ0n) is 17.7. The van der Waals surface area contributed by atoms with Crippen LogP contribution in [-0.2, 0) is 12.8 Å². The molecule has 0 saturated heterocycles. The molecule has 3 N–H and O–H groups in total. The fourth-order valence-corrected chi connectivity index (χ4v) is 3.88. The van der Waals surface area contributed by atoms with Crippen molar-refractivity contribution >= 4 is 12.6 Å². The van der Waals surface area contributed by atoms with Gasteiger partial charge in [0.15, 0.2) is 12.6 Å². The van der Waals surface area contributed by atoms with Crippen LogP contribution in [-0.4, -0.2) is 27.9 Å². The van der Waals surface area contributed by atoms with Crippen molar-refractivity contribution in [2.45, 2.75) is 12.8 Å². The molecule has 0 aromatic heterocycles. The lowest BCUT2D eigenvalue weighted by Gasteiger charge is -2.15. The third-order valence-electron chi connectivity index (χ3n) is 5.60. The Morgan fingerprint density at radius 1 is 0.576 bits per heavy atom. The fraction of sp³-hybridized carbons (Fsp3) is 0.0714. The van der Waals surface area contributed by atoms with Crippen molar-refractivity contribution in [2.24, 2.45) is 0 Å². The highest BCUT2D eigenvalue weighted by Crippen LogP contribution is 2.34. The van der Waals surface area contributed by atoms with E-state index in [1.54, 1.807) is 24.3 Å². The van der Waals surface area contributed by atoms with Crippen LogP contribution in [0.2, 0.25) is 0 Å². The summed E-state index contributed by atoms with van der Waals surface area (Å²) in [6.07, 6.45) is 1.91. The highest BCUT2D eigenvalue weighted by molar-refractivity contribution is 5.80. The molecule has 4 aromatic rings. The highest BCUT2D eigenvalue weighted by atomic mass is 16.3. The summed E-state index contributed by atoms with van der Waals surface area (Å²) in [6, 6.07) is 23.2. The van der Waals surface area contributed by atoms with Crippen LogP contribution in [0.1, 0.15) is 43.0 Å². The van der Waals surface area contributed by atoms with Crippen LogP contribution in [0.5, 0.6) is 17.2 Å². The molecule has 0 bridgehead atoms. The van der Waals surface area contributed by atoms with Crippen LogP contribution < -0.4 is 0 Å². The standard InChI is InChI=1S/C28H22O5/c29-16-24-12-18(6-8-26(24)31)10-22-14-21(20-4-2-1-3-5-20)15-23(28(22)33)11-19-7-9-27(32)25(13-19)17-30/h1-9,12-17,31-33H,10-11H2. The van der Waals surface area contributed by atoms with Gasteiger partial charge < -0.3 is 15.3 Å². The molecule has 0 saturated carbocycles. The minimum absolute atomic E-state index is 0.0880. The zero-order valence-corrected chi connectivity index (χ0v) is 17.7. The molecule has 0 aliphatic rings. The summed E-state index contributed by atoms with van der Waals surface area (Å²) in [5, 5.41) is 30.7. The first-order valence-corrected chi connectivity index (χ1v) is 10.4. The van der Waals surface area contributed by atoms with Gasteiger partial charge in [0.2, 0.25) is 0 Å². The van der Waals surface area contributed by atoms with Gasteiger partial charge in [-0.2, -0.15) is 0 Å². The van der Waals surface area contributed by atoms with E-state index in [9.17, 15) is 24.9 Å². The first kappa shape index (κ1) is 21.8. The van der Waals surface area contributed by atoms with Crippen molar-refractivity contribution in [1.82, 2.24) is 0 Å². The van der Waals surface area contributed by atoms with E-state index < -0.39 is 0 Å². The Bertz CT molecular complexity index is 1250. The molecule has 0 heterocycles. The van der Waals surface area contributed by atoms with Crippen LogP contribution >= 0.6 is 0 Å². The van der Waals surface area contributed by atoms with Crippen LogP contribution in [0.3, 0.4) is 0 Å². The molecule has 0 unspecified atom stereocenters. The Kier molecular flexibility index (Phi) is 6.22. The number of phenolic OH excluding ortho intramolecular Hbond substituents is 3. The molecule has 33 heavy (non-hydrogen) atoms. The molecule has 4 aromatic carbocycles. The number of rotatable bonds is 7. The molecule has 5 heteroatoms. The second-order valence-corrected chi connectivity index (χ2v) is 7.88. The first-order valence-electron chi connectivity index (χ1n) is 10.4. The van der Waals surface area contributed by atoms with Gasteiger partial charge in [-0.15, -0.1) is 0 Å². The van der Waals surface area contributed by atoms with Crippen LogP contribution in [0, 0.1) is 0 Å². The molecule has 0 amide bonds. The molecule has 0 radical (unpaired) electrons. The van der Waals surface area contributed by atoms with Crippen molar-refractivity contribution in [3.63, 3.8) is 0 Å². The third kappa shape index (κ3) is 4.77. The molecule has 0 fully saturated rings. The van der Waals surface area contributed by atoms with Crippen molar-refractivity contribution < 1.29 is 24.9 Å². The summed E-state index contributed by atoms with van der Waals surface area (Å²) in [4.78, 5) is 22.4. The largest absolute Gasteiger partial charge is 0.507 e. The van der Waals surface area contributed by atoms with Crippen molar-refractivity contribution in [3.8, 4) is 28.4 Å². The SMILES string of the molecule is O=Cc1cc(Cc2cc(-c3ccccc3)cc(Cc3ccc(O)c(C=O)c3)c2O)ccc1O. The van der Waals surface area contributed by atoms with E-state index in [1.807, 2.05) is 42.5 Å². The van der Waals surface area contributed by atoms with Gasteiger partial charge in [-0.25, -0.2) is 0 Å². The van der Waals surface area contributed by atoms with E-state index in [2.05, 4.69) is 0 Å². The normalized spacial score (nSPS) is 10.7. The summed E-state index contributed by atoms with van der Waals surface area (Å²) in [6.45, 7) is 0. The van der Waals surface area contributed by atoms with Crippen LogP contribution in [0.4, 0.5) is 0 Å². The van der Waals surface area contributed by atoms with Gasteiger partial charge in [0.25, 0.3) is 0 Å². The summed E-state index contributed by atoms with van der Waals surface area (Å²) < 4.78 is 0. The molecule has 0 spiro atoms. The number of hydrogen-bond acceptors (Lipinski definition) is 5. The lowest BCUT2D eigenvalue weighted by atomic mass is 9.92. The van der Waals surface area contributed by atoms with E-state index in [4.69, 9.17) is 0 Å². The average molecular weight is 438 g/mol. The molecular weight excluding hydrogens is 416 g/mol. The molecule has 0 aliphatic heterocycles. The van der Waals surface area contributed by atoms with Crippen molar-refractivity contribution in [2.75, 3.05) is 0 Å². The Labute approximate surface area is 191 Å². The zero-order chi connectivity index (χ0) is 23.4. The predicted octanol–water partition coefficient (Wildman–Crippen LogP) is 5.28. The van der Waals surface area contributed by atoms with Gasteiger partial charge in [-0.3, -0.25) is 9.59 Å². The second-order valence-electron chi connectivity index (χ2n) is 7.88. The predicted molar refractivity (Wildman–Crippen MR) is 126 cm³/mol. The van der Waals surface area contributed by atoms with Gasteiger partial charge in [-0.05, 0) is 69.8 Å². The lowest BCUT2D eigenvalue weighted by molar-refractivity contribution is 0.111. The summed E-state index contributed by atoms with van der Waals surface area (Å²) in [5.41, 5.74) is 5.17. The number of phenols is 3. The minimum Gasteiger partial charge on any atom is -0.507 e. The van der Waals surface area contributed by atoms with Gasteiger partial charge in [-0.1, -0.05) is 42.5 Å². The number of aromatic hydroxyl groups is 3. The summed E-state index contributed by atoms with van der Waals surface area (Å²) >= 11 is 0. The number of hydrogen-bond donors (Lipinski definition) is 3. The average Bonchev–Trinajstić information content (AvgIpc) is 2.84. The van der Waals surface area contributed by atoms with Gasteiger partial charge >= 0.3 is 0 Å². The first-order chi connectivity index (χ1) is 16.0. The fourth-order valence-electron chi connectivity index (χ4n) is 3.88. The van der Waals surface area contributed by atoms with Crippen molar-refractivity contribution in [1.29, 1.82) is 0 Å². The number of aldehydes is 2. The molecule has 0 aliphatic carbocycles. The maximum absolute atomic E-state index is 11.2.